The topological polar surface area (TPSA) is 35.5 Å². The molecule has 0 aromatic rings. The lowest BCUT2D eigenvalue weighted by molar-refractivity contribution is -0.143. The fourth-order valence-corrected chi connectivity index (χ4v) is 1.87. The van der Waals surface area contributed by atoms with Gasteiger partial charge in [-0.05, 0) is 24.7 Å². The van der Waals surface area contributed by atoms with Crippen LogP contribution < -0.4 is 0 Å². The molecule has 0 aromatic heterocycles. The summed E-state index contributed by atoms with van der Waals surface area (Å²) in [6.45, 7) is 5.10. The Hall–Kier alpha value is -0.570. The van der Waals surface area contributed by atoms with Gasteiger partial charge in [0.15, 0.2) is 0 Å². The van der Waals surface area contributed by atoms with Gasteiger partial charge in [-0.3, -0.25) is 4.79 Å². The van der Waals surface area contributed by atoms with Crippen molar-refractivity contribution in [1.82, 2.24) is 0 Å². The Morgan fingerprint density at radius 3 is 2.86 bits per heavy atom. The molecule has 0 aromatic carbocycles. The van der Waals surface area contributed by atoms with Crippen LogP contribution in [0.3, 0.4) is 0 Å². The molecule has 1 saturated heterocycles. The summed E-state index contributed by atoms with van der Waals surface area (Å²) in [6, 6.07) is 0. The molecule has 0 amide bonds. The van der Waals surface area contributed by atoms with E-state index in [4.69, 9.17) is 4.74 Å². The van der Waals surface area contributed by atoms with Crippen LogP contribution in [0.5, 0.6) is 0 Å². The van der Waals surface area contributed by atoms with Crippen molar-refractivity contribution in [3.8, 4) is 0 Å². The molecule has 0 unspecified atom stereocenters. The number of carbonyl (C=O) groups is 1. The van der Waals surface area contributed by atoms with Crippen LogP contribution in [0.1, 0.15) is 33.1 Å². The molecule has 82 valence electrons. The predicted molar refractivity (Wildman–Crippen MR) is 53.9 cm³/mol. The Bertz CT molecular complexity index is 189. The Labute approximate surface area is 85.8 Å². The van der Waals surface area contributed by atoms with Crippen molar-refractivity contribution < 1.29 is 14.3 Å². The van der Waals surface area contributed by atoms with Gasteiger partial charge in [-0.1, -0.05) is 13.8 Å². The summed E-state index contributed by atoms with van der Waals surface area (Å²) in [7, 11) is 1.45. The number of carbonyl (C=O) groups excluding carboxylic acids is 1. The van der Waals surface area contributed by atoms with Gasteiger partial charge in [0.05, 0.1) is 13.2 Å². The van der Waals surface area contributed by atoms with Crippen LogP contribution >= 0.6 is 0 Å². The van der Waals surface area contributed by atoms with E-state index in [0.29, 0.717) is 24.4 Å². The van der Waals surface area contributed by atoms with Gasteiger partial charge in [-0.2, -0.15) is 0 Å². The molecule has 3 heteroatoms. The zero-order valence-corrected chi connectivity index (χ0v) is 9.29. The maximum atomic E-state index is 11.1. The van der Waals surface area contributed by atoms with Crippen LogP contribution in [0.4, 0.5) is 0 Å². The van der Waals surface area contributed by atoms with Crippen molar-refractivity contribution in [1.29, 1.82) is 0 Å². The van der Waals surface area contributed by atoms with Gasteiger partial charge in [-0.15, -0.1) is 0 Å². The molecular formula is C11H20O3. The highest BCUT2D eigenvalue weighted by atomic mass is 16.5. The molecule has 0 aliphatic carbocycles. The van der Waals surface area contributed by atoms with Crippen molar-refractivity contribution in [3.63, 3.8) is 0 Å². The first-order chi connectivity index (χ1) is 6.63. The molecule has 1 heterocycles. The zero-order chi connectivity index (χ0) is 10.6. The third-order valence-corrected chi connectivity index (χ3v) is 2.85. The highest BCUT2D eigenvalue weighted by Crippen LogP contribution is 2.27. The van der Waals surface area contributed by atoms with Gasteiger partial charge in [0.2, 0.25) is 0 Å². The van der Waals surface area contributed by atoms with E-state index in [1.807, 2.05) is 0 Å². The summed E-state index contributed by atoms with van der Waals surface area (Å²) in [4.78, 5) is 11.1. The minimum absolute atomic E-state index is 0.0978. The zero-order valence-electron chi connectivity index (χ0n) is 9.29. The van der Waals surface area contributed by atoms with Crippen LogP contribution in [-0.4, -0.2) is 25.8 Å². The second-order valence-electron chi connectivity index (χ2n) is 4.32. The molecule has 1 aliphatic rings. The second-order valence-corrected chi connectivity index (χ2v) is 4.32. The predicted octanol–water partition coefficient (Wildman–Crippen LogP) is 2.00. The van der Waals surface area contributed by atoms with Gasteiger partial charge < -0.3 is 9.47 Å². The molecule has 2 atom stereocenters. The van der Waals surface area contributed by atoms with E-state index in [1.165, 1.54) is 7.11 Å². The Morgan fingerprint density at radius 1 is 1.57 bits per heavy atom. The number of ether oxygens (including phenoxy) is 2. The summed E-state index contributed by atoms with van der Waals surface area (Å²) in [5, 5.41) is 0. The van der Waals surface area contributed by atoms with Gasteiger partial charge in [0, 0.05) is 13.0 Å². The third kappa shape index (κ3) is 3.29. The number of hydrogen-bond donors (Lipinski definition) is 0. The minimum atomic E-state index is -0.0978. The largest absolute Gasteiger partial charge is 0.469 e. The van der Waals surface area contributed by atoms with E-state index >= 15 is 0 Å². The Kier molecular flexibility index (Phi) is 4.39. The molecule has 3 nitrogen and oxygen atoms in total. The molecule has 0 bridgehead atoms. The summed E-state index contributed by atoms with van der Waals surface area (Å²) in [5.74, 6) is 0.887. The van der Waals surface area contributed by atoms with Crippen LogP contribution in [-0.2, 0) is 14.3 Å². The van der Waals surface area contributed by atoms with Crippen LogP contribution in [0.2, 0.25) is 0 Å². The van der Waals surface area contributed by atoms with E-state index < -0.39 is 0 Å². The van der Waals surface area contributed by atoms with Crippen LogP contribution in [0.15, 0.2) is 0 Å². The van der Waals surface area contributed by atoms with Crippen LogP contribution in [0, 0.1) is 11.8 Å². The molecular weight excluding hydrogens is 180 g/mol. The molecule has 1 rings (SSSR count). The lowest BCUT2D eigenvalue weighted by atomic mass is 9.88. The van der Waals surface area contributed by atoms with Gasteiger partial charge in [0.1, 0.15) is 0 Å². The van der Waals surface area contributed by atoms with E-state index in [2.05, 4.69) is 18.6 Å². The first-order valence-electron chi connectivity index (χ1n) is 5.32. The fourth-order valence-electron chi connectivity index (χ4n) is 1.87. The van der Waals surface area contributed by atoms with Crippen LogP contribution in [0.25, 0.3) is 0 Å². The van der Waals surface area contributed by atoms with Crippen molar-refractivity contribution in [2.45, 2.75) is 39.2 Å². The third-order valence-electron chi connectivity index (χ3n) is 2.85. The summed E-state index contributed by atoms with van der Waals surface area (Å²) < 4.78 is 10.3. The molecule has 0 spiro atoms. The van der Waals surface area contributed by atoms with E-state index in [0.717, 1.165) is 19.4 Å². The molecule has 1 aliphatic heterocycles. The highest BCUT2D eigenvalue weighted by Gasteiger charge is 2.26. The van der Waals surface area contributed by atoms with E-state index in [-0.39, 0.29) is 5.97 Å². The van der Waals surface area contributed by atoms with E-state index in [1.54, 1.807) is 0 Å². The SMILES string of the molecule is COC(=O)C[C@H]1CCO[C@@H](C(C)C)C1. The van der Waals surface area contributed by atoms with Gasteiger partial charge in [0.25, 0.3) is 0 Å². The average Bonchev–Trinajstić information content (AvgIpc) is 2.18. The molecule has 0 radical (unpaired) electrons. The lowest BCUT2D eigenvalue weighted by Crippen LogP contribution is -2.30. The molecule has 14 heavy (non-hydrogen) atoms. The monoisotopic (exact) mass is 200 g/mol. The summed E-state index contributed by atoms with van der Waals surface area (Å²) in [6.07, 6.45) is 2.84. The first kappa shape index (κ1) is 11.5. The van der Waals surface area contributed by atoms with Gasteiger partial charge in [-0.25, -0.2) is 0 Å². The Morgan fingerprint density at radius 2 is 2.29 bits per heavy atom. The van der Waals surface area contributed by atoms with Crippen molar-refractivity contribution in [3.05, 3.63) is 0 Å². The average molecular weight is 200 g/mol. The lowest BCUT2D eigenvalue weighted by Gasteiger charge is -2.31. The highest BCUT2D eigenvalue weighted by molar-refractivity contribution is 5.69. The summed E-state index contributed by atoms with van der Waals surface area (Å²) >= 11 is 0. The van der Waals surface area contributed by atoms with Crippen molar-refractivity contribution in [2.75, 3.05) is 13.7 Å². The minimum Gasteiger partial charge on any atom is -0.469 e. The smallest absolute Gasteiger partial charge is 0.305 e. The van der Waals surface area contributed by atoms with Gasteiger partial charge >= 0.3 is 5.97 Å². The van der Waals surface area contributed by atoms with E-state index in [9.17, 15) is 4.79 Å². The quantitative estimate of drug-likeness (QED) is 0.654. The normalized spacial score (nSPS) is 27.7. The fraction of sp³-hybridized carbons (Fsp3) is 0.909. The number of hydrogen-bond acceptors (Lipinski definition) is 3. The maximum absolute atomic E-state index is 11.1. The van der Waals surface area contributed by atoms with Crippen molar-refractivity contribution >= 4 is 5.97 Å². The molecule has 0 N–H and O–H groups in total. The number of esters is 1. The second kappa shape index (κ2) is 5.35. The Balaban J connectivity index is 2.36. The summed E-state index contributed by atoms with van der Waals surface area (Å²) in [5.41, 5.74) is 0. The van der Waals surface area contributed by atoms with Crippen molar-refractivity contribution in [2.24, 2.45) is 11.8 Å². The number of methoxy groups -OCH3 is 1. The standard InChI is InChI=1S/C11H20O3/c1-8(2)10-6-9(4-5-14-10)7-11(12)13-3/h8-10H,4-7H2,1-3H3/t9-,10+/m0/s1. The molecule has 0 saturated carbocycles. The number of rotatable bonds is 3. The first-order valence-corrected chi connectivity index (χ1v) is 5.32. The maximum Gasteiger partial charge on any atom is 0.305 e. The molecule has 1 fully saturated rings.